The molecule has 7 nitrogen and oxygen atoms in total. The van der Waals surface area contributed by atoms with E-state index in [1.807, 2.05) is 12.1 Å². The Labute approximate surface area is 152 Å². The first kappa shape index (κ1) is 19.6. The van der Waals surface area contributed by atoms with Crippen LogP contribution in [0.4, 0.5) is 0 Å². The number of carboxylic acid groups (broad SMARTS) is 1. The van der Waals surface area contributed by atoms with Gasteiger partial charge in [-0.2, -0.15) is 0 Å². The van der Waals surface area contributed by atoms with Crippen molar-refractivity contribution in [2.24, 2.45) is 5.73 Å². The molecule has 0 aliphatic heterocycles. The van der Waals surface area contributed by atoms with Crippen LogP contribution in [-0.4, -0.2) is 31.9 Å². The van der Waals surface area contributed by atoms with Gasteiger partial charge in [-0.1, -0.05) is 24.3 Å². The fraction of sp³-hybridized carbons (Fsp3) is 0.222. The number of aliphatic carboxylic acids is 1. The Morgan fingerprint density at radius 3 is 2.15 bits per heavy atom. The summed E-state index contributed by atoms with van der Waals surface area (Å²) in [4.78, 5) is 10.8. The molecule has 2 aromatic rings. The summed E-state index contributed by atoms with van der Waals surface area (Å²) in [6.07, 6.45) is 1.28. The average molecular weight is 375 g/mol. The maximum absolute atomic E-state index is 12.2. The normalized spacial score (nSPS) is 11.2. The van der Waals surface area contributed by atoms with Crippen molar-refractivity contribution < 1.29 is 18.3 Å². The number of nitrogens with two attached hydrogens (primary N) is 1. The van der Waals surface area contributed by atoms with Crippen LogP contribution in [0.1, 0.15) is 23.1 Å². The van der Waals surface area contributed by atoms with Crippen LogP contribution in [0.15, 0.2) is 53.4 Å². The molecule has 0 saturated carbocycles. The molecule has 0 spiro atoms. The third kappa shape index (κ3) is 5.68. The van der Waals surface area contributed by atoms with Gasteiger partial charge in [-0.3, -0.25) is 10.2 Å². The van der Waals surface area contributed by atoms with E-state index in [0.29, 0.717) is 18.4 Å². The third-order valence-electron chi connectivity index (χ3n) is 3.79. The summed E-state index contributed by atoms with van der Waals surface area (Å²) < 4.78 is 27.0. The molecule has 0 fully saturated rings. The number of sulfonamides is 1. The fourth-order valence-corrected chi connectivity index (χ4v) is 3.47. The average Bonchev–Trinajstić information content (AvgIpc) is 2.60. The summed E-state index contributed by atoms with van der Waals surface area (Å²) >= 11 is 0. The maximum atomic E-state index is 12.2. The first-order valence-corrected chi connectivity index (χ1v) is 9.50. The van der Waals surface area contributed by atoms with Crippen LogP contribution in [-0.2, 0) is 27.7 Å². The van der Waals surface area contributed by atoms with Gasteiger partial charge < -0.3 is 10.8 Å². The lowest BCUT2D eigenvalue weighted by Crippen LogP contribution is -2.25. The molecule has 8 heteroatoms. The first-order valence-electron chi connectivity index (χ1n) is 8.01. The Morgan fingerprint density at radius 2 is 1.62 bits per heavy atom. The van der Waals surface area contributed by atoms with Crippen LogP contribution in [0.2, 0.25) is 0 Å². The molecule has 2 rings (SSSR count). The number of hydrogen-bond acceptors (Lipinski definition) is 4. The second-order valence-corrected chi connectivity index (χ2v) is 7.59. The van der Waals surface area contributed by atoms with Crippen LogP contribution in [0.5, 0.6) is 0 Å². The molecule has 0 atom stereocenters. The lowest BCUT2D eigenvalue weighted by Gasteiger charge is -2.08. The summed E-state index contributed by atoms with van der Waals surface area (Å²) in [6.45, 7) is 0.285. The summed E-state index contributed by atoms with van der Waals surface area (Å²) in [5.74, 6) is -0.986. The Bertz CT molecular complexity index is 876. The molecule has 138 valence electrons. The number of benzene rings is 2. The SMILES string of the molecule is N=C(N)c1ccc(S(=O)(=O)NCCCc2ccc(CC(=O)O)cc2)cc1. The monoisotopic (exact) mass is 375 g/mol. The number of nitrogen functional groups attached to an aromatic ring is 1. The van der Waals surface area contributed by atoms with Crippen molar-refractivity contribution in [3.8, 4) is 0 Å². The minimum atomic E-state index is -3.60. The van der Waals surface area contributed by atoms with Gasteiger partial charge in [0.1, 0.15) is 5.84 Å². The molecule has 0 amide bonds. The molecule has 0 radical (unpaired) electrons. The minimum absolute atomic E-state index is 0.0114. The highest BCUT2D eigenvalue weighted by Crippen LogP contribution is 2.11. The van der Waals surface area contributed by atoms with Gasteiger partial charge >= 0.3 is 5.97 Å². The number of amidine groups is 1. The molecule has 0 saturated heterocycles. The lowest BCUT2D eigenvalue weighted by atomic mass is 10.1. The summed E-state index contributed by atoms with van der Waals surface area (Å²) in [7, 11) is -3.60. The van der Waals surface area contributed by atoms with Gasteiger partial charge in [-0.25, -0.2) is 13.1 Å². The molecule has 0 heterocycles. The highest BCUT2D eigenvalue weighted by molar-refractivity contribution is 7.89. The van der Waals surface area contributed by atoms with Crippen molar-refractivity contribution in [2.45, 2.75) is 24.2 Å². The summed E-state index contributed by atoms with van der Waals surface area (Å²) in [5.41, 5.74) is 7.57. The van der Waals surface area contributed by atoms with Crippen LogP contribution in [0.25, 0.3) is 0 Å². The predicted octanol–water partition coefficient (Wildman–Crippen LogP) is 1.51. The van der Waals surface area contributed by atoms with E-state index in [2.05, 4.69) is 4.72 Å². The van der Waals surface area contributed by atoms with Gasteiger partial charge in [-0.05, 0) is 48.2 Å². The van der Waals surface area contributed by atoms with Gasteiger partial charge in [-0.15, -0.1) is 0 Å². The zero-order chi connectivity index (χ0) is 19.2. The van der Waals surface area contributed by atoms with Crippen LogP contribution in [0, 0.1) is 5.41 Å². The van der Waals surface area contributed by atoms with Gasteiger partial charge in [0.2, 0.25) is 10.0 Å². The highest BCUT2D eigenvalue weighted by Gasteiger charge is 2.13. The van der Waals surface area contributed by atoms with E-state index < -0.39 is 16.0 Å². The van der Waals surface area contributed by atoms with E-state index >= 15 is 0 Å². The van der Waals surface area contributed by atoms with Gasteiger partial charge in [0.15, 0.2) is 0 Å². The number of carbonyl (C=O) groups is 1. The number of hydrogen-bond donors (Lipinski definition) is 4. The standard InChI is InChI=1S/C18H21N3O4S/c19-18(20)15-7-9-16(10-8-15)26(24,25)21-11-1-2-13-3-5-14(6-4-13)12-17(22)23/h3-10,21H,1-2,11-12H2,(H3,19,20)(H,22,23). The quantitative estimate of drug-likeness (QED) is 0.299. The molecule has 0 bridgehead atoms. The number of carboxylic acids is 1. The van der Waals surface area contributed by atoms with E-state index in [4.69, 9.17) is 16.2 Å². The predicted molar refractivity (Wildman–Crippen MR) is 98.7 cm³/mol. The van der Waals surface area contributed by atoms with Crippen molar-refractivity contribution in [1.82, 2.24) is 4.72 Å². The molecule has 5 N–H and O–H groups in total. The Hall–Kier alpha value is -2.71. The Balaban J connectivity index is 1.84. The topological polar surface area (TPSA) is 133 Å². The molecule has 0 unspecified atom stereocenters. The van der Waals surface area contributed by atoms with Crippen molar-refractivity contribution in [3.05, 3.63) is 65.2 Å². The lowest BCUT2D eigenvalue weighted by molar-refractivity contribution is -0.136. The second-order valence-electron chi connectivity index (χ2n) is 5.83. The molecule has 26 heavy (non-hydrogen) atoms. The van der Waals surface area contributed by atoms with Crippen molar-refractivity contribution >= 4 is 21.8 Å². The van der Waals surface area contributed by atoms with E-state index in [9.17, 15) is 13.2 Å². The molecular formula is C18H21N3O4S. The molecule has 0 aromatic heterocycles. The highest BCUT2D eigenvalue weighted by atomic mass is 32.2. The molecule has 0 aliphatic rings. The Kier molecular flexibility index (Phi) is 6.48. The number of aryl methyl sites for hydroxylation is 1. The van der Waals surface area contributed by atoms with Crippen LogP contribution < -0.4 is 10.5 Å². The van der Waals surface area contributed by atoms with Crippen molar-refractivity contribution in [2.75, 3.05) is 6.54 Å². The van der Waals surface area contributed by atoms with E-state index in [1.165, 1.54) is 24.3 Å². The number of nitrogens with one attached hydrogen (secondary N) is 2. The smallest absolute Gasteiger partial charge is 0.307 e. The molecule has 0 aliphatic carbocycles. The van der Waals surface area contributed by atoms with Gasteiger partial charge in [0, 0.05) is 12.1 Å². The summed E-state index contributed by atoms with van der Waals surface area (Å²) in [5, 5.41) is 16.0. The third-order valence-corrected chi connectivity index (χ3v) is 5.27. The zero-order valence-corrected chi connectivity index (χ0v) is 14.9. The Morgan fingerprint density at radius 1 is 1.04 bits per heavy atom. The first-order chi connectivity index (χ1) is 12.3. The minimum Gasteiger partial charge on any atom is -0.481 e. The van der Waals surface area contributed by atoms with E-state index in [-0.39, 0.29) is 23.7 Å². The van der Waals surface area contributed by atoms with Crippen LogP contribution >= 0.6 is 0 Å². The maximum Gasteiger partial charge on any atom is 0.307 e. The van der Waals surface area contributed by atoms with Crippen molar-refractivity contribution in [3.63, 3.8) is 0 Å². The number of rotatable bonds is 9. The molecular weight excluding hydrogens is 354 g/mol. The largest absolute Gasteiger partial charge is 0.481 e. The molecule has 2 aromatic carbocycles. The van der Waals surface area contributed by atoms with E-state index in [1.54, 1.807) is 12.1 Å². The van der Waals surface area contributed by atoms with Crippen molar-refractivity contribution in [1.29, 1.82) is 5.41 Å². The second kappa shape index (κ2) is 8.59. The van der Waals surface area contributed by atoms with Gasteiger partial charge in [0.05, 0.1) is 11.3 Å². The van der Waals surface area contributed by atoms with Crippen LogP contribution in [0.3, 0.4) is 0 Å². The summed E-state index contributed by atoms with van der Waals surface area (Å²) in [6, 6.07) is 13.1. The zero-order valence-electron chi connectivity index (χ0n) is 14.1. The van der Waals surface area contributed by atoms with E-state index in [0.717, 1.165) is 11.1 Å². The fourth-order valence-electron chi connectivity index (χ4n) is 2.39. The van der Waals surface area contributed by atoms with Gasteiger partial charge in [0.25, 0.3) is 0 Å².